The minimum atomic E-state index is -1.05. The average Bonchev–Trinajstić information content (AvgIpc) is 3.23. The van der Waals surface area contributed by atoms with E-state index < -0.39 is 23.1 Å². The SMILES string of the molecule is CC1=C(c2cnc(NC(=O)c3c(F)cncc3F)cn2)C(c2nccs2)NCC1.Cl. The first-order valence-electron chi connectivity index (χ1n) is 8.79. The topological polar surface area (TPSA) is 92.7 Å². The Morgan fingerprint density at radius 1 is 1.17 bits per heavy atom. The van der Waals surface area contributed by atoms with Crippen LogP contribution >= 0.6 is 23.7 Å². The third kappa shape index (κ3) is 4.35. The molecule has 0 radical (unpaired) electrons. The molecule has 1 unspecified atom stereocenters. The third-order valence-corrected chi connectivity index (χ3v) is 5.39. The van der Waals surface area contributed by atoms with Gasteiger partial charge in [-0.1, -0.05) is 5.57 Å². The van der Waals surface area contributed by atoms with Crippen LogP contribution in [0.1, 0.15) is 40.4 Å². The molecule has 0 aliphatic carbocycles. The number of thiazole rings is 1. The van der Waals surface area contributed by atoms with Gasteiger partial charge in [-0.3, -0.25) is 14.8 Å². The highest BCUT2D eigenvalue weighted by molar-refractivity contribution is 7.09. The maximum atomic E-state index is 13.7. The van der Waals surface area contributed by atoms with E-state index in [-0.39, 0.29) is 24.3 Å². The van der Waals surface area contributed by atoms with Gasteiger partial charge in [0.25, 0.3) is 5.91 Å². The second-order valence-corrected chi connectivity index (χ2v) is 7.35. The molecule has 0 aromatic carbocycles. The number of pyridine rings is 1. The van der Waals surface area contributed by atoms with Crippen LogP contribution in [0.25, 0.3) is 5.57 Å². The van der Waals surface area contributed by atoms with Crippen molar-refractivity contribution in [3.05, 3.63) is 69.8 Å². The van der Waals surface area contributed by atoms with Crippen LogP contribution in [0.5, 0.6) is 0 Å². The molecule has 1 atom stereocenters. The monoisotopic (exact) mass is 450 g/mol. The van der Waals surface area contributed by atoms with Gasteiger partial charge in [0, 0.05) is 17.2 Å². The summed E-state index contributed by atoms with van der Waals surface area (Å²) in [5.41, 5.74) is 2.10. The largest absolute Gasteiger partial charge is 0.305 e. The summed E-state index contributed by atoms with van der Waals surface area (Å²) >= 11 is 1.55. The Kier molecular flexibility index (Phi) is 6.80. The number of nitrogens with one attached hydrogen (secondary N) is 2. The van der Waals surface area contributed by atoms with Gasteiger partial charge in [0.15, 0.2) is 17.5 Å². The predicted molar refractivity (Wildman–Crippen MR) is 111 cm³/mol. The number of anilines is 1. The first-order valence-corrected chi connectivity index (χ1v) is 9.67. The Labute approximate surface area is 181 Å². The number of nitrogens with zero attached hydrogens (tertiary/aromatic N) is 4. The molecule has 2 N–H and O–H groups in total. The minimum Gasteiger partial charge on any atom is -0.305 e. The number of hydrogen-bond acceptors (Lipinski definition) is 7. The Balaban J connectivity index is 0.00000256. The molecule has 0 bridgehead atoms. The summed E-state index contributed by atoms with van der Waals surface area (Å²) < 4.78 is 27.4. The number of hydrogen-bond donors (Lipinski definition) is 2. The highest BCUT2D eigenvalue weighted by atomic mass is 35.5. The van der Waals surface area contributed by atoms with Gasteiger partial charge in [-0.25, -0.2) is 18.7 Å². The van der Waals surface area contributed by atoms with Crippen LogP contribution in [0.15, 0.2) is 41.9 Å². The summed E-state index contributed by atoms with van der Waals surface area (Å²) in [6.07, 6.45) is 7.07. The average molecular weight is 451 g/mol. The van der Waals surface area contributed by atoms with Gasteiger partial charge in [-0.15, -0.1) is 23.7 Å². The fourth-order valence-corrected chi connectivity index (χ4v) is 3.90. The predicted octanol–water partition coefficient (Wildman–Crippen LogP) is 3.79. The Bertz CT molecular complexity index is 1050. The summed E-state index contributed by atoms with van der Waals surface area (Å²) in [4.78, 5) is 28.5. The van der Waals surface area contributed by atoms with E-state index in [1.807, 2.05) is 12.3 Å². The first kappa shape index (κ1) is 21.9. The fourth-order valence-electron chi connectivity index (χ4n) is 3.18. The lowest BCUT2D eigenvalue weighted by Gasteiger charge is -2.27. The smallest absolute Gasteiger partial charge is 0.262 e. The van der Waals surface area contributed by atoms with Crippen molar-refractivity contribution in [1.82, 2.24) is 25.3 Å². The van der Waals surface area contributed by atoms with E-state index in [2.05, 4.69) is 30.6 Å². The van der Waals surface area contributed by atoms with Crippen molar-refractivity contribution < 1.29 is 13.6 Å². The second-order valence-electron chi connectivity index (χ2n) is 6.42. The minimum absolute atomic E-state index is 0. The van der Waals surface area contributed by atoms with Gasteiger partial charge in [-0.2, -0.15) is 0 Å². The molecular formula is C19H17ClF2N6OS. The third-order valence-electron chi connectivity index (χ3n) is 4.55. The number of halogens is 3. The van der Waals surface area contributed by atoms with Crippen LogP contribution in [0.3, 0.4) is 0 Å². The van der Waals surface area contributed by atoms with Crippen molar-refractivity contribution >= 4 is 41.0 Å². The van der Waals surface area contributed by atoms with Gasteiger partial charge in [-0.05, 0) is 19.9 Å². The molecular weight excluding hydrogens is 434 g/mol. The summed E-state index contributed by atoms with van der Waals surface area (Å²) in [6, 6.07) is -0.0847. The van der Waals surface area contributed by atoms with Gasteiger partial charge >= 0.3 is 0 Å². The summed E-state index contributed by atoms with van der Waals surface area (Å²) in [7, 11) is 0. The lowest BCUT2D eigenvalue weighted by atomic mass is 9.93. The quantitative estimate of drug-likeness (QED) is 0.628. The van der Waals surface area contributed by atoms with Crippen molar-refractivity contribution in [2.24, 2.45) is 0 Å². The van der Waals surface area contributed by atoms with Crippen LogP contribution in [-0.2, 0) is 0 Å². The molecule has 0 spiro atoms. The first-order chi connectivity index (χ1) is 14.0. The lowest BCUT2D eigenvalue weighted by molar-refractivity contribution is 0.101. The van der Waals surface area contributed by atoms with E-state index >= 15 is 0 Å². The molecule has 4 rings (SSSR count). The second kappa shape index (κ2) is 9.33. The zero-order valence-electron chi connectivity index (χ0n) is 15.7. The number of aromatic nitrogens is 4. The number of carbonyl (C=O) groups excluding carboxylic acids is 1. The van der Waals surface area contributed by atoms with Crippen molar-refractivity contribution in [3.63, 3.8) is 0 Å². The zero-order valence-corrected chi connectivity index (χ0v) is 17.4. The van der Waals surface area contributed by atoms with Crippen LogP contribution in [0.4, 0.5) is 14.6 Å². The highest BCUT2D eigenvalue weighted by Gasteiger charge is 2.27. The molecule has 156 valence electrons. The van der Waals surface area contributed by atoms with E-state index in [9.17, 15) is 13.6 Å². The van der Waals surface area contributed by atoms with Gasteiger partial charge in [0.2, 0.25) is 0 Å². The molecule has 1 aliphatic rings. The molecule has 1 aliphatic heterocycles. The van der Waals surface area contributed by atoms with Gasteiger partial charge in [0.05, 0.1) is 36.5 Å². The van der Waals surface area contributed by atoms with Crippen LogP contribution in [0, 0.1) is 11.6 Å². The van der Waals surface area contributed by atoms with Crippen molar-refractivity contribution in [1.29, 1.82) is 0 Å². The van der Waals surface area contributed by atoms with E-state index in [0.29, 0.717) is 5.69 Å². The maximum absolute atomic E-state index is 13.7. The van der Waals surface area contributed by atoms with E-state index in [1.165, 1.54) is 18.0 Å². The van der Waals surface area contributed by atoms with Gasteiger partial charge in [0.1, 0.15) is 10.6 Å². The van der Waals surface area contributed by atoms with Gasteiger partial charge < -0.3 is 10.6 Å². The molecule has 7 nitrogen and oxygen atoms in total. The molecule has 3 aromatic rings. The molecule has 0 fully saturated rings. The van der Waals surface area contributed by atoms with Crippen LogP contribution < -0.4 is 10.6 Å². The van der Waals surface area contributed by atoms with E-state index in [4.69, 9.17) is 0 Å². The summed E-state index contributed by atoms with van der Waals surface area (Å²) in [5.74, 6) is -2.97. The van der Waals surface area contributed by atoms with Crippen molar-refractivity contribution in [2.75, 3.05) is 11.9 Å². The molecule has 1 amide bonds. The maximum Gasteiger partial charge on any atom is 0.262 e. The Morgan fingerprint density at radius 3 is 2.57 bits per heavy atom. The molecule has 4 heterocycles. The van der Waals surface area contributed by atoms with Crippen LogP contribution in [-0.4, -0.2) is 32.4 Å². The molecule has 30 heavy (non-hydrogen) atoms. The fraction of sp³-hybridized carbons (Fsp3) is 0.211. The molecule has 11 heteroatoms. The lowest BCUT2D eigenvalue weighted by Crippen LogP contribution is -2.29. The summed E-state index contributed by atoms with van der Waals surface area (Å²) in [6.45, 7) is 2.88. The van der Waals surface area contributed by atoms with Crippen molar-refractivity contribution in [2.45, 2.75) is 19.4 Å². The van der Waals surface area contributed by atoms with E-state index in [1.54, 1.807) is 17.5 Å². The molecule has 3 aromatic heterocycles. The number of rotatable bonds is 4. The normalized spacial score (nSPS) is 16.2. The Hall–Kier alpha value is -2.82. The number of amides is 1. The highest BCUT2D eigenvalue weighted by Crippen LogP contribution is 2.36. The number of carbonyl (C=O) groups is 1. The van der Waals surface area contributed by atoms with Crippen molar-refractivity contribution in [3.8, 4) is 0 Å². The molecule has 0 saturated heterocycles. The zero-order chi connectivity index (χ0) is 20.4. The van der Waals surface area contributed by atoms with E-state index in [0.717, 1.165) is 35.9 Å². The molecule has 0 saturated carbocycles. The standard InChI is InChI=1S/C19H16F2N6OS.ClH/c1-10-2-3-23-17(19-24-4-5-29-19)15(10)13-8-26-14(9-25-13)27-18(28)16-11(20)6-22-7-12(16)21;/h4-9,17,23H,2-3H2,1H3,(H,26,27,28);1H. The Morgan fingerprint density at radius 2 is 1.93 bits per heavy atom. The summed E-state index contributed by atoms with van der Waals surface area (Å²) in [5, 5.41) is 8.65. The van der Waals surface area contributed by atoms with Crippen LogP contribution in [0.2, 0.25) is 0 Å².